The van der Waals surface area contributed by atoms with Crippen molar-refractivity contribution >= 4 is 17.7 Å². The number of ether oxygens (including phenoxy) is 1. The average molecular weight is 452 g/mol. The fourth-order valence-corrected chi connectivity index (χ4v) is 5.10. The molecule has 1 heterocycles. The van der Waals surface area contributed by atoms with Crippen LogP contribution >= 0.6 is 11.8 Å². The van der Waals surface area contributed by atoms with Gasteiger partial charge in [-0.15, -0.1) is 11.8 Å². The van der Waals surface area contributed by atoms with Gasteiger partial charge >= 0.3 is 5.91 Å². The van der Waals surface area contributed by atoms with Gasteiger partial charge in [-0.25, -0.2) is 9.18 Å². The third-order valence-electron chi connectivity index (χ3n) is 5.93. The smallest absolute Gasteiger partial charge is 0.347 e. The number of rotatable bonds is 7. The SMILES string of the molecule is COc1ccc(CSc2ccccc2C(=O)[N+]2(Cc3ccc(F)cc3)CCNCC2)cc1. The second kappa shape index (κ2) is 10.3. The van der Waals surface area contributed by atoms with Crippen LogP contribution in [-0.2, 0) is 12.3 Å². The molecular weight excluding hydrogens is 423 g/mol. The topological polar surface area (TPSA) is 38.3 Å². The average Bonchev–Trinajstić information content (AvgIpc) is 2.85. The van der Waals surface area contributed by atoms with Crippen molar-refractivity contribution in [2.75, 3.05) is 33.3 Å². The van der Waals surface area contributed by atoms with Gasteiger partial charge in [-0.2, -0.15) is 0 Å². The molecule has 4 nitrogen and oxygen atoms in total. The van der Waals surface area contributed by atoms with E-state index in [2.05, 4.69) is 17.4 Å². The number of carbonyl (C=O) groups is 1. The summed E-state index contributed by atoms with van der Waals surface area (Å²) in [4.78, 5) is 14.9. The van der Waals surface area contributed by atoms with Crippen LogP contribution in [0.1, 0.15) is 21.5 Å². The molecule has 32 heavy (non-hydrogen) atoms. The van der Waals surface area contributed by atoms with Crippen molar-refractivity contribution in [1.29, 1.82) is 0 Å². The van der Waals surface area contributed by atoms with E-state index in [1.54, 1.807) is 31.0 Å². The number of nitrogens with zero attached hydrogens (tertiary/aromatic N) is 1. The van der Waals surface area contributed by atoms with Crippen molar-refractivity contribution in [3.05, 3.63) is 95.3 Å². The normalized spacial score (nSPS) is 15.3. The molecular formula is C26H28FN2O2S+. The second-order valence-electron chi connectivity index (χ2n) is 8.07. The molecule has 166 valence electrons. The molecule has 1 N–H and O–H groups in total. The van der Waals surface area contributed by atoms with Crippen LogP contribution in [0.5, 0.6) is 5.75 Å². The molecule has 0 saturated carbocycles. The minimum absolute atomic E-state index is 0.133. The van der Waals surface area contributed by atoms with Crippen molar-refractivity contribution in [3.63, 3.8) is 0 Å². The maximum absolute atomic E-state index is 13.9. The standard InChI is InChI=1S/C26H28FN2O2S/c1-31-23-12-8-21(9-13-23)19-32-25-5-3-2-4-24(25)26(30)29(16-14-28-15-17-29)18-20-6-10-22(27)11-7-20/h2-13,28H,14-19H2,1H3/q+1. The van der Waals surface area contributed by atoms with E-state index in [4.69, 9.17) is 4.74 Å². The Kier molecular flexibility index (Phi) is 7.25. The monoisotopic (exact) mass is 451 g/mol. The van der Waals surface area contributed by atoms with Gasteiger partial charge in [0.2, 0.25) is 0 Å². The molecule has 0 unspecified atom stereocenters. The van der Waals surface area contributed by atoms with Crippen molar-refractivity contribution in [2.24, 2.45) is 0 Å². The first kappa shape index (κ1) is 22.5. The van der Waals surface area contributed by atoms with Gasteiger partial charge in [0.1, 0.15) is 18.1 Å². The summed E-state index contributed by atoms with van der Waals surface area (Å²) in [7, 11) is 1.66. The summed E-state index contributed by atoms with van der Waals surface area (Å²) in [5.74, 6) is 1.48. The number of halogens is 1. The summed E-state index contributed by atoms with van der Waals surface area (Å²) in [5.41, 5.74) is 2.91. The zero-order chi connectivity index (χ0) is 22.4. The first-order chi connectivity index (χ1) is 15.6. The molecule has 4 rings (SSSR count). The highest BCUT2D eigenvalue weighted by Crippen LogP contribution is 2.30. The highest BCUT2D eigenvalue weighted by Gasteiger charge is 2.40. The third kappa shape index (κ3) is 5.21. The van der Waals surface area contributed by atoms with Crippen LogP contribution in [0.25, 0.3) is 0 Å². The van der Waals surface area contributed by atoms with E-state index in [1.807, 2.05) is 36.4 Å². The number of carbonyl (C=O) groups excluding carboxylic acids is 1. The molecule has 1 saturated heterocycles. The Morgan fingerprint density at radius 2 is 1.62 bits per heavy atom. The quantitative estimate of drug-likeness (QED) is 0.410. The Morgan fingerprint density at radius 1 is 0.969 bits per heavy atom. The van der Waals surface area contributed by atoms with E-state index in [0.29, 0.717) is 24.1 Å². The van der Waals surface area contributed by atoms with Gasteiger partial charge in [0, 0.05) is 29.3 Å². The van der Waals surface area contributed by atoms with Gasteiger partial charge < -0.3 is 10.1 Å². The van der Waals surface area contributed by atoms with Crippen molar-refractivity contribution < 1.29 is 18.4 Å². The summed E-state index contributed by atoms with van der Waals surface area (Å²) in [5, 5.41) is 3.37. The van der Waals surface area contributed by atoms with E-state index in [1.165, 1.54) is 17.7 Å². The van der Waals surface area contributed by atoms with Gasteiger partial charge in [-0.1, -0.05) is 36.4 Å². The Bertz CT molecular complexity index is 1050. The Labute approximate surface area is 193 Å². The lowest BCUT2D eigenvalue weighted by Crippen LogP contribution is -2.61. The molecule has 1 aliphatic rings. The van der Waals surface area contributed by atoms with E-state index in [9.17, 15) is 9.18 Å². The molecule has 3 aromatic rings. The summed E-state index contributed by atoms with van der Waals surface area (Å²) in [6.07, 6.45) is 0. The van der Waals surface area contributed by atoms with E-state index < -0.39 is 0 Å². The first-order valence-electron chi connectivity index (χ1n) is 10.8. The predicted octanol–water partition coefficient (Wildman–Crippen LogP) is 4.89. The zero-order valence-corrected chi connectivity index (χ0v) is 19.0. The van der Waals surface area contributed by atoms with Crippen molar-refractivity contribution in [2.45, 2.75) is 17.2 Å². The van der Waals surface area contributed by atoms with Gasteiger partial charge in [0.15, 0.2) is 0 Å². The zero-order valence-electron chi connectivity index (χ0n) is 18.2. The number of amides is 1. The number of hydrogen-bond donors (Lipinski definition) is 1. The fraction of sp³-hybridized carbons (Fsp3) is 0.269. The van der Waals surface area contributed by atoms with E-state index >= 15 is 0 Å². The summed E-state index contributed by atoms with van der Waals surface area (Å²) >= 11 is 1.68. The molecule has 0 aromatic heterocycles. The van der Waals surface area contributed by atoms with Crippen LogP contribution in [-0.4, -0.2) is 43.7 Å². The molecule has 0 radical (unpaired) electrons. The van der Waals surface area contributed by atoms with Crippen LogP contribution in [0.4, 0.5) is 4.39 Å². The molecule has 0 spiro atoms. The fourth-order valence-electron chi connectivity index (χ4n) is 4.10. The maximum Gasteiger partial charge on any atom is 0.347 e. The number of hydrogen-bond acceptors (Lipinski definition) is 4. The summed E-state index contributed by atoms with van der Waals surface area (Å²) in [6, 6.07) is 22.4. The highest BCUT2D eigenvalue weighted by atomic mass is 32.2. The third-order valence-corrected chi connectivity index (χ3v) is 7.08. The van der Waals surface area contributed by atoms with Gasteiger partial charge in [0.05, 0.1) is 25.8 Å². The van der Waals surface area contributed by atoms with E-state index in [0.717, 1.165) is 40.6 Å². The van der Waals surface area contributed by atoms with Gasteiger partial charge in [0.25, 0.3) is 0 Å². The molecule has 1 amide bonds. The number of nitrogens with one attached hydrogen (secondary N) is 1. The number of quaternary nitrogens is 1. The minimum atomic E-state index is -0.257. The molecule has 1 fully saturated rings. The van der Waals surface area contributed by atoms with Crippen LogP contribution in [0.3, 0.4) is 0 Å². The molecule has 0 atom stereocenters. The van der Waals surface area contributed by atoms with Crippen LogP contribution in [0.15, 0.2) is 77.7 Å². The maximum atomic E-state index is 13.9. The summed E-state index contributed by atoms with van der Waals surface area (Å²) < 4.78 is 19.0. The van der Waals surface area contributed by atoms with Gasteiger partial charge in [-0.05, 0) is 42.0 Å². The Balaban J connectivity index is 1.57. The molecule has 0 aliphatic carbocycles. The number of benzene rings is 3. The molecule has 6 heteroatoms. The Morgan fingerprint density at radius 3 is 2.31 bits per heavy atom. The molecule has 1 aliphatic heterocycles. The number of methoxy groups -OCH3 is 1. The van der Waals surface area contributed by atoms with Crippen molar-refractivity contribution in [1.82, 2.24) is 5.32 Å². The minimum Gasteiger partial charge on any atom is -0.497 e. The Hall–Kier alpha value is -2.67. The van der Waals surface area contributed by atoms with E-state index in [-0.39, 0.29) is 11.7 Å². The number of thioether (sulfide) groups is 1. The van der Waals surface area contributed by atoms with Crippen LogP contribution in [0, 0.1) is 5.82 Å². The lowest BCUT2D eigenvalue weighted by atomic mass is 10.1. The van der Waals surface area contributed by atoms with Crippen molar-refractivity contribution in [3.8, 4) is 5.75 Å². The largest absolute Gasteiger partial charge is 0.497 e. The van der Waals surface area contributed by atoms with Crippen LogP contribution in [0.2, 0.25) is 0 Å². The van der Waals surface area contributed by atoms with Gasteiger partial charge in [-0.3, -0.25) is 4.48 Å². The lowest BCUT2D eigenvalue weighted by Gasteiger charge is -2.39. The van der Waals surface area contributed by atoms with Crippen LogP contribution < -0.4 is 10.1 Å². The highest BCUT2D eigenvalue weighted by molar-refractivity contribution is 7.98. The first-order valence-corrected chi connectivity index (χ1v) is 11.8. The number of piperazine rings is 1. The second-order valence-corrected chi connectivity index (χ2v) is 9.08. The lowest BCUT2D eigenvalue weighted by molar-refractivity contribution is -0.864. The summed E-state index contributed by atoms with van der Waals surface area (Å²) in [6.45, 7) is 3.57. The molecule has 3 aromatic carbocycles. The molecule has 0 bridgehead atoms. The predicted molar refractivity (Wildman–Crippen MR) is 126 cm³/mol.